The molecule has 0 radical (unpaired) electrons. The molecule has 0 spiro atoms. The third-order valence-corrected chi connectivity index (χ3v) is 10.2. The summed E-state index contributed by atoms with van der Waals surface area (Å²) in [6, 6.07) is 12.7. The molecule has 1 fully saturated rings. The highest BCUT2D eigenvalue weighted by molar-refractivity contribution is 7.91. The minimum absolute atomic E-state index is 0.110. The Kier molecular flexibility index (Phi) is 7.29. The molecule has 1 aromatic carbocycles. The first-order valence-electron chi connectivity index (χ1n) is 12.9. The van der Waals surface area contributed by atoms with Gasteiger partial charge in [0.25, 0.3) is 0 Å². The van der Waals surface area contributed by atoms with Gasteiger partial charge in [-0.3, -0.25) is 0 Å². The van der Waals surface area contributed by atoms with Crippen LogP contribution in [0.5, 0.6) is 0 Å². The van der Waals surface area contributed by atoms with Gasteiger partial charge in [-0.2, -0.15) is 14.7 Å². The Morgan fingerprint density at radius 2 is 1.92 bits per heavy atom. The predicted molar refractivity (Wildman–Crippen MR) is 154 cm³/mol. The van der Waals surface area contributed by atoms with Gasteiger partial charge in [-0.05, 0) is 25.1 Å². The summed E-state index contributed by atoms with van der Waals surface area (Å²) >= 11 is 0. The Balaban J connectivity index is 1.48. The lowest BCUT2D eigenvalue weighted by molar-refractivity contribution is 0.165. The van der Waals surface area contributed by atoms with Crippen LogP contribution in [-0.2, 0) is 14.6 Å². The minimum Gasteiger partial charge on any atom is -0.362 e. The van der Waals surface area contributed by atoms with Gasteiger partial charge < -0.3 is 15.0 Å². The highest BCUT2D eigenvalue weighted by Gasteiger charge is 2.30. The van der Waals surface area contributed by atoms with E-state index < -0.39 is 17.9 Å². The van der Waals surface area contributed by atoms with E-state index in [1.165, 1.54) is 0 Å². The Labute approximate surface area is 224 Å². The van der Waals surface area contributed by atoms with Gasteiger partial charge in [0.1, 0.15) is 18.4 Å². The lowest BCUT2D eigenvalue weighted by Crippen LogP contribution is -2.47. The quantitative estimate of drug-likeness (QED) is 0.189. The first-order chi connectivity index (χ1) is 18.1. The fraction of sp³-hybridized carbons (Fsp3) is 0.423. The normalized spacial score (nSPS) is 17.7. The van der Waals surface area contributed by atoms with E-state index in [2.05, 4.69) is 40.1 Å². The standard InChI is InChI=1S/C26H35N7O3SSi/c1-20-18-37(34,35)12-10-31(20)25-14-24(27-19-36-11-13-38(2,3)4)33-26(30-25)23(16-29-33)21-15-28-32(17-21)22-8-6-5-7-9-22/h5-9,14-17,20,27H,10-13,18-19H2,1-4H3. The van der Waals surface area contributed by atoms with Crippen molar-refractivity contribution in [3.63, 3.8) is 0 Å². The lowest BCUT2D eigenvalue weighted by Gasteiger charge is -2.34. The maximum absolute atomic E-state index is 12.2. The number of fused-ring (bicyclic) bond motifs is 1. The number of para-hydroxylation sites is 1. The molecule has 1 aliphatic heterocycles. The molecule has 1 saturated heterocycles. The second-order valence-corrected chi connectivity index (χ2v) is 18.8. The molecule has 202 valence electrons. The van der Waals surface area contributed by atoms with Crippen molar-refractivity contribution in [3.8, 4) is 16.8 Å². The van der Waals surface area contributed by atoms with E-state index in [4.69, 9.17) is 9.72 Å². The number of hydrogen-bond acceptors (Lipinski definition) is 8. The zero-order chi connectivity index (χ0) is 26.9. The van der Waals surface area contributed by atoms with Gasteiger partial charge in [-0.15, -0.1) is 0 Å². The third-order valence-electron chi connectivity index (χ3n) is 6.69. The van der Waals surface area contributed by atoms with Crippen molar-refractivity contribution in [1.82, 2.24) is 24.4 Å². The van der Waals surface area contributed by atoms with Crippen molar-refractivity contribution in [3.05, 3.63) is 55.0 Å². The monoisotopic (exact) mass is 553 g/mol. The Bertz CT molecular complexity index is 1510. The van der Waals surface area contributed by atoms with Crippen LogP contribution in [0.25, 0.3) is 22.5 Å². The van der Waals surface area contributed by atoms with Crippen molar-refractivity contribution < 1.29 is 13.2 Å². The maximum Gasteiger partial charge on any atom is 0.167 e. The summed E-state index contributed by atoms with van der Waals surface area (Å²) in [6.07, 6.45) is 5.56. The average Bonchev–Trinajstić information content (AvgIpc) is 3.50. The highest BCUT2D eigenvalue weighted by atomic mass is 32.2. The molecule has 4 heterocycles. The molecule has 5 rings (SSSR count). The van der Waals surface area contributed by atoms with E-state index >= 15 is 0 Å². The summed E-state index contributed by atoms with van der Waals surface area (Å²) in [5.74, 6) is 1.67. The second-order valence-electron chi connectivity index (χ2n) is 11.0. The van der Waals surface area contributed by atoms with Crippen LogP contribution < -0.4 is 10.2 Å². The molecule has 0 bridgehead atoms. The molecule has 0 aliphatic carbocycles. The molecule has 3 aromatic heterocycles. The van der Waals surface area contributed by atoms with Crippen LogP contribution in [0.2, 0.25) is 25.7 Å². The maximum atomic E-state index is 12.2. The predicted octanol–water partition coefficient (Wildman–Crippen LogP) is 3.93. The van der Waals surface area contributed by atoms with Crippen LogP contribution >= 0.6 is 0 Å². The zero-order valence-electron chi connectivity index (χ0n) is 22.3. The van der Waals surface area contributed by atoms with Crippen LogP contribution in [0.15, 0.2) is 55.0 Å². The van der Waals surface area contributed by atoms with Gasteiger partial charge in [-0.1, -0.05) is 37.8 Å². The van der Waals surface area contributed by atoms with Crippen LogP contribution in [0.3, 0.4) is 0 Å². The first kappa shape index (κ1) is 26.4. The van der Waals surface area contributed by atoms with E-state index in [-0.39, 0.29) is 17.5 Å². The van der Waals surface area contributed by atoms with E-state index in [1.54, 1.807) is 16.9 Å². The molecule has 10 nitrogen and oxygen atoms in total. The number of sulfone groups is 1. The minimum atomic E-state index is -3.05. The molecule has 38 heavy (non-hydrogen) atoms. The van der Waals surface area contributed by atoms with Gasteiger partial charge in [0, 0.05) is 50.7 Å². The Hall–Kier alpha value is -3.22. The molecule has 1 atom stereocenters. The van der Waals surface area contributed by atoms with Crippen molar-refractivity contribution in [2.45, 2.75) is 38.7 Å². The molecular weight excluding hydrogens is 518 g/mol. The summed E-state index contributed by atoms with van der Waals surface area (Å²) in [6.45, 7) is 10.3. The molecular formula is C26H35N7O3SSi. The summed E-state index contributed by atoms with van der Waals surface area (Å²) in [5.41, 5.74) is 3.36. The molecule has 4 aromatic rings. The molecule has 1 aliphatic rings. The molecule has 1 N–H and O–H groups in total. The van der Waals surface area contributed by atoms with Gasteiger partial charge in [0.15, 0.2) is 15.5 Å². The van der Waals surface area contributed by atoms with Crippen molar-refractivity contribution in [2.24, 2.45) is 0 Å². The van der Waals surface area contributed by atoms with Gasteiger partial charge in [0.2, 0.25) is 0 Å². The van der Waals surface area contributed by atoms with Crippen LogP contribution in [-0.4, -0.2) is 78.3 Å². The summed E-state index contributed by atoms with van der Waals surface area (Å²) in [7, 11) is -4.23. The second kappa shape index (κ2) is 10.5. The van der Waals surface area contributed by atoms with Gasteiger partial charge >= 0.3 is 0 Å². The summed E-state index contributed by atoms with van der Waals surface area (Å²) < 4.78 is 33.9. The molecule has 0 amide bonds. The number of nitrogens with one attached hydrogen (secondary N) is 1. The average molecular weight is 554 g/mol. The highest BCUT2D eigenvalue weighted by Crippen LogP contribution is 2.30. The van der Waals surface area contributed by atoms with Gasteiger partial charge in [-0.25, -0.2) is 18.1 Å². The summed E-state index contributed by atoms with van der Waals surface area (Å²) in [4.78, 5) is 7.03. The number of ether oxygens (including phenoxy) is 1. The number of benzene rings is 1. The molecule has 12 heteroatoms. The third kappa shape index (κ3) is 5.92. The number of hydrogen-bond donors (Lipinski definition) is 1. The smallest absolute Gasteiger partial charge is 0.167 e. The topological polar surface area (TPSA) is 107 Å². The van der Waals surface area contributed by atoms with Gasteiger partial charge in [0.05, 0.1) is 29.6 Å². The summed E-state index contributed by atoms with van der Waals surface area (Å²) in [5, 5.41) is 12.5. The lowest BCUT2D eigenvalue weighted by atomic mass is 10.2. The largest absolute Gasteiger partial charge is 0.362 e. The number of nitrogens with zero attached hydrogens (tertiary/aromatic N) is 6. The number of aromatic nitrogens is 5. The van der Waals surface area contributed by atoms with E-state index in [1.807, 2.05) is 54.2 Å². The SMILES string of the molecule is CC1CS(=O)(=O)CCN1c1cc(NCOCC[Si](C)(C)C)n2ncc(-c3cnn(-c4ccccc4)c3)c2n1. The Morgan fingerprint density at radius 3 is 2.66 bits per heavy atom. The van der Waals surface area contributed by atoms with E-state index in [9.17, 15) is 8.42 Å². The van der Waals surface area contributed by atoms with Crippen molar-refractivity contribution in [2.75, 3.05) is 41.6 Å². The molecule has 1 unspecified atom stereocenters. The first-order valence-corrected chi connectivity index (χ1v) is 18.4. The van der Waals surface area contributed by atoms with Crippen LogP contribution in [0.4, 0.5) is 11.6 Å². The van der Waals surface area contributed by atoms with Crippen molar-refractivity contribution >= 4 is 35.2 Å². The number of rotatable bonds is 9. The van der Waals surface area contributed by atoms with E-state index in [0.717, 1.165) is 28.7 Å². The van der Waals surface area contributed by atoms with E-state index in [0.29, 0.717) is 31.3 Å². The fourth-order valence-corrected chi connectivity index (χ4v) is 6.84. The van der Waals surface area contributed by atoms with Crippen molar-refractivity contribution in [1.29, 1.82) is 0 Å². The molecule has 0 saturated carbocycles. The zero-order valence-corrected chi connectivity index (χ0v) is 24.1. The number of anilines is 2. The fourth-order valence-electron chi connectivity index (χ4n) is 4.53. The van der Waals surface area contributed by atoms with Crippen LogP contribution in [0.1, 0.15) is 6.92 Å². The van der Waals surface area contributed by atoms with Crippen LogP contribution in [0, 0.1) is 0 Å². The Morgan fingerprint density at radius 1 is 1.13 bits per heavy atom.